The summed E-state index contributed by atoms with van der Waals surface area (Å²) in [5.74, 6) is 0.548. The molecular formula is C12H14BrNO4. The molecule has 0 unspecified atom stereocenters. The molecule has 2 N–H and O–H groups in total. The third kappa shape index (κ3) is 3.36. The molecule has 1 aliphatic heterocycles. The monoisotopic (exact) mass is 315 g/mol. The van der Waals surface area contributed by atoms with Crippen molar-refractivity contribution in [1.82, 2.24) is 5.32 Å². The molecule has 5 nitrogen and oxygen atoms in total. The van der Waals surface area contributed by atoms with Gasteiger partial charge in [-0.3, -0.25) is 4.79 Å². The first-order valence-electron chi connectivity index (χ1n) is 5.67. The van der Waals surface area contributed by atoms with Crippen molar-refractivity contribution in [3.63, 3.8) is 0 Å². The molecule has 0 amide bonds. The zero-order valence-electron chi connectivity index (χ0n) is 9.74. The van der Waals surface area contributed by atoms with E-state index in [2.05, 4.69) is 21.2 Å². The molecule has 98 valence electrons. The van der Waals surface area contributed by atoms with Crippen LogP contribution in [0.5, 0.6) is 11.5 Å². The van der Waals surface area contributed by atoms with E-state index >= 15 is 0 Å². The van der Waals surface area contributed by atoms with Crippen molar-refractivity contribution in [1.29, 1.82) is 0 Å². The number of hydrogen-bond acceptors (Lipinski definition) is 4. The first-order chi connectivity index (χ1) is 8.66. The van der Waals surface area contributed by atoms with E-state index in [1.165, 1.54) is 0 Å². The SMILES string of the molecule is O=C(O)CNCc1cc(Br)c2c(c1)OCCCO2. The van der Waals surface area contributed by atoms with Crippen LogP contribution in [0.2, 0.25) is 0 Å². The van der Waals surface area contributed by atoms with Gasteiger partial charge in [0.25, 0.3) is 0 Å². The molecule has 0 atom stereocenters. The number of fused-ring (bicyclic) bond motifs is 1. The lowest BCUT2D eigenvalue weighted by atomic mass is 10.2. The minimum atomic E-state index is -0.872. The van der Waals surface area contributed by atoms with Crippen molar-refractivity contribution < 1.29 is 19.4 Å². The van der Waals surface area contributed by atoms with Gasteiger partial charge in [0.2, 0.25) is 0 Å². The lowest BCUT2D eigenvalue weighted by Gasteiger charge is -2.11. The zero-order valence-corrected chi connectivity index (χ0v) is 11.3. The molecule has 1 aromatic carbocycles. The summed E-state index contributed by atoms with van der Waals surface area (Å²) in [5.41, 5.74) is 0.951. The molecule has 0 saturated heterocycles. The molecule has 0 aromatic heterocycles. The Morgan fingerprint density at radius 1 is 1.39 bits per heavy atom. The van der Waals surface area contributed by atoms with E-state index in [1.807, 2.05) is 12.1 Å². The second kappa shape index (κ2) is 6.06. The Hall–Kier alpha value is -1.27. The van der Waals surface area contributed by atoms with Gasteiger partial charge >= 0.3 is 5.97 Å². The Morgan fingerprint density at radius 3 is 2.94 bits per heavy atom. The highest BCUT2D eigenvalue weighted by Gasteiger charge is 2.15. The highest BCUT2D eigenvalue weighted by molar-refractivity contribution is 9.10. The van der Waals surface area contributed by atoms with Gasteiger partial charge in [-0.15, -0.1) is 0 Å². The molecule has 0 aliphatic carbocycles. The third-order valence-electron chi connectivity index (χ3n) is 2.47. The van der Waals surface area contributed by atoms with Crippen LogP contribution in [0.4, 0.5) is 0 Å². The number of carboxylic acid groups (broad SMARTS) is 1. The maximum absolute atomic E-state index is 10.4. The smallest absolute Gasteiger partial charge is 0.317 e. The normalized spacial score (nSPS) is 14.1. The van der Waals surface area contributed by atoms with E-state index in [0.717, 1.165) is 22.2 Å². The fourth-order valence-corrected chi connectivity index (χ4v) is 2.30. The number of benzene rings is 1. The number of carboxylic acids is 1. The van der Waals surface area contributed by atoms with Crippen LogP contribution in [-0.4, -0.2) is 30.8 Å². The zero-order chi connectivity index (χ0) is 13.0. The number of halogens is 1. The summed E-state index contributed by atoms with van der Waals surface area (Å²) in [6.07, 6.45) is 0.855. The predicted octanol–water partition coefficient (Wildman–Crippen LogP) is 1.78. The molecule has 1 aliphatic rings. The Morgan fingerprint density at radius 2 is 2.17 bits per heavy atom. The summed E-state index contributed by atoms with van der Waals surface area (Å²) < 4.78 is 12.0. The van der Waals surface area contributed by atoms with Gasteiger partial charge in [0.15, 0.2) is 11.5 Å². The summed E-state index contributed by atoms with van der Waals surface area (Å²) in [6, 6.07) is 3.78. The van der Waals surface area contributed by atoms with Crippen molar-refractivity contribution in [2.24, 2.45) is 0 Å². The second-order valence-corrected chi connectivity index (χ2v) is 4.81. The van der Waals surface area contributed by atoms with Crippen LogP contribution in [0.15, 0.2) is 16.6 Å². The van der Waals surface area contributed by atoms with Gasteiger partial charge in [-0.2, -0.15) is 0 Å². The Labute approximate surface area is 113 Å². The van der Waals surface area contributed by atoms with E-state index in [9.17, 15) is 4.79 Å². The van der Waals surface area contributed by atoms with Gasteiger partial charge in [0.05, 0.1) is 24.2 Å². The van der Waals surface area contributed by atoms with Crippen LogP contribution >= 0.6 is 15.9 Å². The van der Waals surface area contributed by atoms with Crippen LogP contribution in [-0.2, 0) is 11.3 Å². The van der Waals surface area contributed by atoms with E-state index in [-0.39, 0.29) is 6.54 Å². The first kappa shape index (κ1) is 13.2. The fraction of sp³-hybridized carbons (Fsp3) is 0.417. The van der Waals surface area contributed by atoms with Crippen molar-refractivity contribution in [3.8, 4) is 11.5 Å². The second-order valence-electron chi connectivity index (χ2n) is 3.95. The molecule has 18 heavy (non-hydrogen) atoms. The number of carbonyl (C=O) groups is 1. The van der Waals surface area contributed by atoms with Crippen molar-refractivity contribution in [2.45, 2.75) is 13.0 Å². The van der Waals surface area contributed by atoms with Gasteiger partial charge in [-0.25, -0.2) is 0 Å². The van der Waals surface area contributed by atoms with Crippen LogP contribution in [0.1, 0.15) is 12.0 Å². The molecule has 6 heteroatoms. The number of aliphatic carboxylic acids is 1. The lowest BCUT2D eigenvalue weighted by Crippen LogP contribution is -2.21. The maximum atomic E-state index is 10.4. The standard InChI is InChI=1S/C12H14BrNO4/c13-9-4-8(6-14-7-11(15)16)5-10-12(9)18-3-1-2-17-10/h4-5,14H,1-3,6-7H2,(H,15,16). The molecule has 1 aromatic rings. The van der Waals surface area contributed by atoms with E-state index in [4.69, 9.17) is 14.6 Å². The number of rotatable bonds is 4. The van der Waals surface area contributed by atoms with Crippen LogP contribution in [0.3, 0.4) is 0 Å². The predicted molar refractivity (Wildman–Crippen MR) is 69.1 cm³/mol. The van der Waals surface area contributed by atoms with Crippen molar-refractivity contribution in [2.75, 3.05) is 19.8 Å². The lowest BCUT2D eigenvalue weighted by molar-refractivity contribution is -0.135. The minimum absolute atomic E-state index is 0.0634. The average Bonchev–Trinajstić information content (AvgIpc) is 2.54. The summed E-state index contributed by atoms with van der Waals surface area (Å²) in [6.45, 7) is 1.68. The van der Waals surface area contributed by atoms with E-state index < -0.39 is 5.97 Å². The average molecular weight is 316 g/mol. The van der Waals surface area contributed by atoms with Gasteiger partial charge < -0.3 is 19.9 Å². The number of nitrogens with one attached hydrogen (secondary N) is 1. The summed E-state index contributed by atoms with van der Waals surface area (Å²) in [7, 11) is 0. The quantitative estimate of drug-likeness (QED) is 0.886. The van der Waals surface area contributed by atoms with Crippen molar-refractivity contribution >= 4 is 21.9 Å². The molecule has 0 bridgehead atoms. The number of ether oxygens (including phenoxy) is 2. The van der Waals surface area contributed by atoms with E-state index in [1.54, 1.807) is 0 Å². The molecule has 0 spiro atoms. The largest absolute Gasteiger partial charge is 0.490 e. The third-order valence-corrected chi connectivity index (χ3v) is 3.06. The van der Waals surface area contributed by atoms with Crippen molar-refractivity contribution in [3.05, 3.63) is 22.2 Å². The fourth-order valence-electron chi connectivity index (χ4n) is 1.70. The van der Waals surface area contributed by atoms with E-state index in [0.29, 0.717) is 25.5 Å². The summed E-state index contributed by atoms with van der Waals surface area (Å²) in [5, 5.41) is 11.4. The molecule has 2 rings (SSSR count). The Balaban J connectivity index is 2.10. The molecule has 0 saturated carbocycles. The van der Waals surface area contributed by atoms with Gasteiger partial charge in [0.1, 0.15) is 0 Å². The van der Waals surface area contributed by atoms with Crippen LogP contribution < -0.4 is 14.8 Å². The molecular weight excluding hydrogens is 302 g/mol. The van der Waals surface area contributed by atoms with Crippen LogP contribution in [0.25, 0.3) is 0 Å². The molecule has 0 fully saturated rings. The topological polar surface area (TPSA) is 67.8 Å². The van der Waals surface area contributed by atoms with Gasteiger partial charge in [-0.1, -0.05) is 0 Å². The van der Waals surface area contributed by atoms with Gasteiger partial charge in [0, 0.05) is 13.0 Å². The molecule has 0 radical (unpaired) electrons. The number of hydrogen-bond donors (Lipinski definition) is 2. The minimum Gasteiger partial charge on any atom is -0.490 e. The summed E-state index contributed by atoms with van der Waals surface area (Å²) in [4.78, 5) is 10.4. The Kier molecular flexibility index (Phi) is 4.43. The Bertz CT molecular complexity index is 450. The van der Waals surface area contributed by atoms with Crippen LogP contribution in [0, 0.1) is 0 Å². The summed E-state index contributed by atoms with van der Waals surface area (Å²) >= 11 is 3.44. The first-order valence-corrected chi connectivity index (χ1v) is 6.46. The highest BCUT2D eigenvalue weighted by atomic mass is 79.9. The molecule has 1 heterocycles. The highest BCUT2D eigenvalue weighted by Crippen LogP contribution is 2.38. The van der Waals surface area contributed by atoms with Gasteiger partial charge in [-0.05, 0) is 33.6 Å². The maximum Gasteiger partial charge on any atom is 0.317 e.